The van der Waals surface area contributed by atoms with Gasteiger partial charge in [0.1, 0.15) is 5.82 Å². The van der Waals surface area contributed by atoms with E-state index in [1.54, 1.807) is 0 Å². The third kappa shape index (κ3) is 6.77. The van der Waals surface area contributed by atoms with Gasteiger partial charge in [0.2, 0.25) is 0 Å². The van der Waals surface area contributed by atoms with Crippen LogP contribution in [0.4, 0.5) is 5.82 Å². The van der Waals surface area contributed by atoms with E-state index in [4.69, 9.17) is 0 Å². The van der Waals surface area contributed by atoms with Gasteiger partial charge < -0.3 is 10.2 Å². The fourth-order valence-electron chi connectivity index (χ4n) is 5.79. The van der Waals surface area contributed by atoms with Crippen LogP contribution in [0.3, 0.4) is 0 Å². The molecule has 2 fully saturated rings. The number of anilines is 1. The number of fused-ring (bicyclic) bond motifs is 1. The summed E-state index contributed by atoms with van der Waals surface area (Å²) >= 11 is 0. The molecule has 40 heavy (non-hydrogen) atoms. The second-order valence-corrected chi connectivity index (χ2v) is 11.1. The summed E-state index contributed by atoms with van der Waals surface area (Å²) in [6.07, 6.45) is 14.1. The van der Waals surface area contributed by atoms with E-state index < -0.39 is 0 Å². The molecule has 0 unspecified atom stereocenters. The van der Waals surface area contributed by atoms with Gasteiger partial charge in [0, 0.05) is 55.6 Å². The monoisotopic (exact) mass is 537 g/mol. The van der Waals surface area contributed by atoms with Crippen LogP contribution in [0.2, 0.25) is 0 Å². The first-order chi connectivity index (χ1) is 19.5. The minimum Gasteiger partial charge on any atom is -0.373 e. The number of nitrogens with one attached hydrogen (secondary N) is 1. The number of rotatable bonds is 6. The fraction of sp³-hybridized carbons (Fsp3) is 0.424. The van der Waals surface area contributed by atoms with Crippen molar-refractivity contribution >= 4 is 22.7 Å². The largest absolute Gasteiger partial charge is 0.373 e. The lowest BCUT2D eigenvalue weighted by molar-refractivity contribution is 0.216. The number of aromatic nitrogens is 4. The normalized spacial score (nSPS) is 16.9. The molecule has 0 saturated carbocycles. The predicted molar refractivity (Wildman–Crippen MR) is 166 cm³/mol. The maximum Gasteiger partial charge on any atom is 0.126 e. The van der Waals surface area contributed by atoms with E-state index in [-0.39, 0.29) is 0 Å². The highest BCUT2D eigenvalue weighted by Crippen LogP contribution is 2.29. The summed E-state index contributed by atoms with van der Waals surface area (Å²) in [5, 5.41) is 10.0. The Bertz CT molecular complexity index is 1410. The second-order valence-electron chi connectivity index (χ2n) is 11.1. The lowest BCUT2D eigenvalue weighted by atomic mass is 9.92. The summed E-state index contributed by atoms with van der Waals surface area (Å²) in [4.78, 5) is 13.8. The van der Waals surface area contributed by atoms with E-state index in [1.807, 2.05) is 49.5 Å². The number of benzene rings is 1. The molecule has 7 nitrogen and oxygen atoms in total. The summed E-state index contributed by atoms with van der Waals surface area (Å²) < 4.78 is 2.03. The smallest absolute Gasteiger partial charge is 0.126 e. The summed E-state index contributed by atoms with van der Waals surface area (Å²) in [5.41, 5.74) is 6.17. The Hall–Kier alpha value is -3.55. The van der Waals surface area contributed by atoms with Crippen molar-refractivity contribution in [1.29, 1.82) is 0 Å². The average molecular weight is 538 g/mol. The molecular weight excluding hydrogens is 494 g/mol. The van der Waals surface area contributed by atoms with Crippen molar-refractivity contribution < 1.29 is 0 Å². The summed E-state index contributed by atoms with van der Waals surface area (Å²) in [6.45, 7) is 9.53. The highest BCUT2D eigenvalue weighted by molar-refractivity contribution is 5.88. The number of aryl methyl sites for hydroxylation is 1. The molecule has 3 aromatic heterocycles. The highest BCUT2D eigenvalue weighted by Gasteiger charge is 2.19. The number of hydrogen-bond acceptors (Lipinski definition) is 6. The molecular formula is C33H43N7. The first-order valence-electron chi connectivity index (χ1n) is 14.6. The van der Waals surface area contributed by atoms with Crippen LogP contribution in [0, 0.1) is 0 Å². The van der Waals surface area contributed by atoms with Crippen molar-refractivity contribution in [2.45, 2.75) is 44.6 Å². The molecule has 2 aliphatic rings. The van der Waals surface area contributed by atoms with E-state index in [9.17, 15) is 0 Å². The Morgan fingerprint density at radius 1 is 0.925 bits per heavy atom. The highest BCUT2D eigenvalue weighted by atomic mass is 15.3. The SMILES string of the molecule is C=Cc1ccnc(C2CCN(C)CC2)c1.CNc1cc2cc(-c3cnn(C)c3CN3CCCCC3)ccc2cn1. The van der Waals surface area contributed by atoms with Crippen LogP contribution in [0.5, 0.6) is 0 Å². The molecule has 210 valence electrons. The van der Waals surface area contributed by atoms with Gasteiger partial charge in [-0.1, -0.05) is 31.2 Å². The third-order valence-electron chi connectivity index (χ3n) is 8.35. The average Bonchev–Trinajstić information content (AvgIpc) is 3.37. The van der Waals surface area contributed by atoms with Crippen LogP contribution >= 0.6 is 0 Å². The van der Waals surface area contributed by atoms with E-state index in [2.05, 4.69) is 74.1 Å². The number of hydrogen-bond donors (Lipinski definition) is 1. The van der Waals surface area contributed by atoms with Gasteiger partial charge in [-0.15, -0.1) is 0 Å². The zero-order valence-corrected chi connectivity index (χ0v) is 24.3. The quantitative estimate of drug-likeness (QED) is 0.316. The van der Waals surface area contributed by atoms with Crippen LogP contribution in [0.25, 0.3) is 28.0 Å². The number of pyridine rings is 2. The Morgan fingerprint density at radius 2 is 1.73 bits per heavy atom. The van der Waals surface area contributed by atoms with Crippen molar-refractivity contribution in [1.82, 2.24) is 29.5 Å². The predicted octanol–water partition coefficient (Wildman–Crippen LogP) is 6.20. The summed E-state index contributed by atoms with van der Waals surface area (Å²) in [6, 6.07) is 12.8. The Morgan fingerprint density at radius 3 is 2.48 bits per heavy atom. The third-order valence-corrected chi connectivity index (χ3v) is 8.35. The van der Waals surface area contributed by atoms with E-state index in [0.717, 1.165) is 17.7 Å². The van der Waals surface area contributed by atoms with Crippen molar-refractivity contribution in [2.75, 3.05) is 45.6 Å². The van der Waals surface area contributed by atoms with Gasteiger partial charge in [-0.3, -0.25) is 14.6 Å². The van der Waals surface area contributed by atoms with Crippen LogP contribution in [-0.4, -0.2) is 69.8 Å². The zero-order valence-electron chi connectivity index (χ0n) is 24.3. The Labute approximate surface area is 238 Å². The lowest BCUT2D eigenvalue weighted by Gasteiger charge is -2.28. The van der Waals surface area contributed by atoms with Gasteiger partial charge >= 0.3 is 0 Å². The van der Waals surface area contributed by atoms with Gasteiger partial charge in [0.15, 0.2) is 0 Å². The van der Waals surface area contributed by atoms with Gasteiger partial charge in [0.05, 0.1) is 11.9 Å². The van der Waals surface area contributed by atoms with Crippen molar-refractivity contribution in [2.24, 2.45) is 7.05 Å². The van der Waals surface area contributed by atoms with E-state index in [1.165, 1.54) is 91.7 Å². The molecule has 1 aromatic carbocycles. The van der Waals surface area contributed by atoms with Crippen LogP contribution in [0.1, 0.15) is 55.0 Å². The Kier molecular flexibility index (Phi) is 9.24. The van der Waals surface area contributed by atoms with E-state index in [0.29, 0.717) is 5.92 Å². The van der Waals surface area contributed by atoms with Crippen LogP contribution < -0.4 is 5.32 Å². The maximum atomic E-state index is 4.54. The molecule has 5 heterocycles. The van der Waals surface area contributed by atoms with E-state index >= 15 is 0 Å². The summed E-state index contributed by atoms with van der Waals surface area (Å²) in [5.74, 6) is 1.53. The molecule has 2 saturated heterocycles. The molecule has 0 amide bonds. The van der Waals surface area contributed by atoms with Crippen molar-refractivity contribution in [3.05, 3.63) is 78.5 Å². The summed E-state index contributed by atoms with van der Waals surface area (Å²) in [7, 11) is 6.13. The molecule has 0 spiro atoms. The molecule has 6 rings (SSSR count). The van der Waals surface area contributed by atoms with Gasteiger partial charge in [-0.05, 0) is 99.7 Å². The minimum atomic E-state index is 0.640. The topological polar surface area (TPSA) is 62.1 Å². The molecule has 2 aliphatic heterocycles. The number of likely N-dealkylation sites (tertiary alicyclic amines) is 2. The number of nitrogens with zero attached hydrogens (tertiary/aromatic N) is 6. The molecule has 0 atom stereocenters. The maximum absolute atomic E-state index is 4.54. The molecule has 0 radical (unpaired) electrons. The molecule has 0 bridgehead atoms. The second kappa shape index (κ2) is 13.2. The van der Waals surface area contributed by atoms with Gasteiger partial charge in [-0.25, -0.2) is 4.98 Å². The molecule has 4 aromatic rings. The van der Waals surface area contributed by atoms with Gasteiger partial charge in [-0.2, -0.15) is 5.10 Å². The van der Waals surface area contributed by atoms with Crippen molar-refractivity contribution in [3.63, 3.8) is 0 Å². The van der Waals surface area contributed by atoms with Crippen LogP contribution in [-0.2, 0) is 13.6 Å². The first-order valence-corrected chi connectivity index (χ1v) is 14.6. The van der Waals surface area contributed by atoms with Gasteiger partial charge in [0.25, 0.3) is 0 Å². The Balaban J connectivity index is 0.000000184. The molecule has 1 N–H and O–H groups in total. The zero-order chi connectivity index (χ0) is 27.9. The minimum absolute atomic E-state index is 0.640. The first kappa shape index (κ1) is 28.0. The number of piperidine rings is 2. The fourth-order valence-corrected chi connectivity index (χ4v) is 5.79. The standard InChI is InChI=1S/C20H25N5.C13H18N2/c1-21-20-11-17-10-15(6-7-16(17)12-22-20)18-13-23-24(2)19(18)14-25-8-4-3-5-9-25;1-3-11-4-7-14-13(10-11)12-5-8-15(2)9-6-12/h6-7,10-13H,3-5,8-9,14H2,1-2H3,(H,21,22);3-4,7,10,12H,1,5-6,8-9H2,2H3. The molecule has 7 heteroatoms. The van der Waals surface area contributed by atoms with Crippen molar-refractivity contribution in [3.8, 4) is 11.1 Å². The lowest BCUT2D eigenvalue weighted by Crippen LogP contribution is -2.30. The molecule has 0 aliphatic carbocycles. The van der Waals surface area contributed by atoms with Crippen LogP contribution in [0.15, 0.2) is 61.6 Å².